The van der Waals surface area contributed by atoms with Crippen molar-refractivity contribution in [3.8, 4) is 0 Å². The molecular formula is C25H37FN4. The van der Waals surface area contributed by atoms with E-state index in [1.54, 1.807) is 18.6 Å². The number of benzene rings is 2. The van der Waals surface area contributed by atoms with Crippen LogP contribution in [-0.4, -0.2) is 19.4 Å². The summed E-state index contributed by atoms with van der Waals surface area (Å²) < 4.78 is 13.4. The highest BCUT2D eigenvalue weighted by atomic mass is 19.1. The van der Waals surface area contributed by atoms with Gasteiger partial charge in [0, 0.05) is 24.5 Å². The Balaban J connectivity index is 0.000000656. The summed E-state index contributed by atoms with van der Waals surface area (Å²) in [4.78, 5) is 4.34. The Bertz CT molecular complexity index is 802. The fourth-order valence-electron chi connectivity index (χ4n) is 3.00. The van der Waals surface area contributed by atoms with E-state index in [-0.39, 0.29) is 11.9 Å². The van der Waals surface area contributed by atoms with Crippen LogP contribution in [-0.2, 0) is 0 Å². The van der Waals surface area contributed by atoms with E-state index in [0.717, 1.165) is 36.4 Å². The van der Waals surface area contributed by atoms with Crippen LogP contribution in [0.25, 0.3) is 0 Å². The molecule has 5 heteroatoms. The second-order valence-electron chi connectivity index (χ2n) is 7.26. The first-order valence-electron chi connectivity index (χ1n) is 10.6. The average molecular weight is 413 g/mol. The maximum atomic E-state index is 13.4. The SMILES string of the molecule is C=CNCCC.CCCN=CNc1c(C)cc(C)cc1C(C)Nc1cccc(F)c1. The molecule has 3 N–H and O–H groups in total. The number of hydrogen-bond acceptors (Lipinski definition) is 3. The molecule has 2 aromatic rings. The van der Waals surface area contributed by atoms with E-state index in [0.29, 0.717) is 0 Å². The zero-order valence-electron chi connectivity index (χ0n) is 19.1. The summed E-state index contributed by atoms with van der Waals surface area (Å²) in [6.45, 7) is 15.8. The van der Waals surface area contributed by atoms with Crippen molar-refractivity contribution in [3.63, 3.8) is 0 Å². The van der Waals surface area contributed by atoms with Gasteiger partial charge in [-0.3, -0.25) is 4.99 Å². The third-order valence-electron chi connectivity index (χ3n) is 4.38. The van der Waals surface area contributed by atoms with Gasteiger partial charge in [-0.05, 0) is 69.1 Å². The predicted molar refractivity (Wildman–Crippen MR) is 130 cm³/mol. The molecule has 0 aromatic heterocycles. The highest BCUT2D eigenvalue weighted by Gasteiger charge is 2.13. The van der Waals surface area contributed by atoms with Gasteiger partial charge in [0.1, 0.15) is 5.82 Å². The fraction of sp³-hybridized carbons (Fsp3) is 0.400. The van der Waals surface area contributed by atoms with Gasteiger partial charge in [-0.25, -0.2) is 4.39 Å². The lowest BCUT2D eigenvalue weighted by atomic mass is 9.99. The van der Waals surface area contributed by atoms with Gasteiger partial charge in [0.15, 0.2) is 0 Å². The molecule has 0 bridgehead atoms. The maximum Gasteiger partial charge on any atom is 0.125 e. The topological polar surface area (TPSA) is 48.5 Å². The van der Waals surface area contributed by atoms with E-state index in [4.69, 9.17) is 0 Å². The zero-order valence-corrected chi connectivity index (χ0v) is 19.1. The lowest BCUT2D eigenvalue weighted by molar-refractivity contribution is 0.628. The van der Waals surface area contributed by atoms with Crippen LogP contribution in [0.1, 0.15) is 56.3 Å². The summed E-state index contributed by atoms with van der Waals surface area (Å²) in [6, 6.07) is 10.9. The standard InChI is InChI=1S/C20H26FN3.C5H11N/c1-5-9-22-13-23-20-15(3)10-14(2)11-19(20)16(4)24-18-8-6-7-17(21)12-18;1-3-5-6-4-2/h6-8,10-13,16,24H,5,9H2,1-4H3,(H,22,23);4,6H,2-3,5H2,1H3. The van der Waals surface area contributed by atoms with Crippen LogP contribution < -0.4 is 16.0 Å². The molecule has 164 valence electrons. The second-order valence-corrected chi connectivity index (χ2v) is 7.26. The smallest absolute Gasteiger partial charge is 0.125 e. The third kappa shape index (κ3) is 9.12. The largest absolute Gasteiger partial charge is 0.391 e. The summed E-state index contributed by atoms with van der Waals surface area (Å²) in [5, 5.41) is 9.65. The average Bonchev–Trinajstić information content (AvgIpc) is 2.71. The summed E-state index contributed by atoms with van der Waals surface area (Å²) in [6.07, 6.45) is 5.67. The van der Waals surface area contributed by atoms with Gasteiger partial charge in [-0.2, -0.15) is 0 Å². The van der Waals surface area contributed by atoms with E-state index < -0.39 is 0 Å². The number of hydrogen-bond donors (Lipinski definition) is 3. The molecule has 2 rings (SSSR count). The Kier molecular flexibility index (Phi) is 11.9. The molecule has 0 radical (unpaired) electrons. The number of nitrogens with zero attached hydrogens (tertiary/aromatic N) is 1. The summed E-state index contributed by atoms with van der Waals surface area (Å²) in [5.74, 6) is -0.238. The van der Waals surface area contributed by atoms with Crippen LogP contribution in [0.4, 0.5) is 15.8 Å². The quantitative estimate of drug-likeness (QED) is 0.234. The number of aryl methyl sites for hydroxylation is 2. The van der Waals surface area contributed by atoms with Gasteiger partial charge in [-0.15, -0.1) is 0 Å². The van der Waals surface area contributed by atoms with E-state index >= 15 is 0 Å². The van der Waals surface area contributed by atoms with Gasteiger partial charge in [-0.1, -0.05) is 44.2 Å². The van der Waals surface area contributed by atoms with Crippen molar-refractivity contribution in [2.75, 3.05) is 23.7 Å². The molecule has 0 fully saturated rings. The molecule has 2 aromatic carbocycles. The van der Waals surface area contributed by atoms with E-state index in [9.17, 15) is 4.39 Å². The molecular weight excluding hydrogens is 375 g/mol. The van der Waals surface area contributed by atoms with Crippen LogP contribution in [0, 0.1) is 19.7 Å². The zero-order chi connectivity index (χ0) is 22.4. The molecule has 0 heterocycles. The molecule has 0 spiro atoms. The highest BCUT2D eigenvalue weighted by Crippen LogP contribution is 2.30. The number of nitrogens with one attached hydrogen (secondary N) is 3. The maximum absolute atomic E-state index is 13.4. The lowest BCUT2D eigenvalue weighted by Crippen LogP contribution is -2.12. The molecule has 0 amide bonds. The van der Waals surface area contributed by atoms with Gasteiger partial charge in [0.05, 0.1) is 12.4 Å². The van der Waals surface area contributed by atoms with Crippen molar-refractivity contribution in [1.29, 1.82) is 0 Å². The van der Waals surface area contributed by atoms with E-state index in [2.05, 4.69) is 74.3 Å². The molecule has 30 heavy (non-hydrogen) atoms. The van der Waals surface area contributed by atoms with Crippen molar-refractivity contribution in [2.24, 2.45) is 4.99 Å². The molecule has 4 nitrogen and oxygen atoms in total. The Hall–Kier alpha value is -2.82. The van der Waals surface area contributed by atoms with Crippen LogP contribution in [0.2, 0.25) is 0 Å². The first-order chi connectivity index (χ1) is 14.4. The van der Waals surface area contributed by atoms with Gasteiger partial charge >= 0.3 is 0 Å². The van der Waals surface area contributed by atoms with Crippen LogP contribution >= 0.6 is 0 Å². The fourth-order valence-corrected chi connectivity index (χ4v) is 3.00. The molecule has 1 atom stereocenters. The van der Waals surface area contributed by atoms with E-state index in [1.165, 1.54) is 29.7 Å². The predicted octanol–water partition coefficient (Wildman–Crippen LogP) is 6.60. The monoisotopic (exact) mass is 412 g/mol. The molecule has 0 saturated carbocycles. The van der Waals surface area contributed by atoms with Crippen molar-refractivity contribution >= 4 is 17.7 Å². The summed E-state index contributed by atoms with van der Waals surface area (Å²) in [7, 11) is 0. The lowest BCUT2D eigenvalue weighted by Gasteiger charge is -2.21. The van der Waals surface area contributed by atoms with E-state index in [1.807, 2.05) is 6.07 Å². The number of anilines is 2. The second kappa shape index (κ2) is 14.2. The van der Waals surface area contributed by atoms with Crippen LogP contribution in [0.3, 0.4) is 0 Å². The molecule has 1 unspecified atom stereocenters. The van der Waals surface area contributed by atoms with Crippen molar-refractivity contribution in [3.05, 3.63) is 71.7 Å². The highest BCUT2D eigenvalue weighted by molar-refractivity contribution is 5.80. The van der Waals surface area contributed by atoms with Crippen LogP contribution in [0.5, 0.6) is 0 Å². The Labute approximate surface area is 181 Å². The molecule has 0 saturated heterocycles. The van der Waals surface area contributed by atoms with Crippen molar-refractivity contribution < 1.29 is 4.39 Å². The molecule has 0 aliphatic carbocycles. The Morgan fingerprint density at radius 2 is 1.90 bits per heavy atom. The minimum Gasteiger partial charge on any atom is -0.391 e. The summed E-state index contributed by atoms with van der Waals surface area (Å²) >= 11 is 0. The Morgan fingerprint density at radius 1 is 1.13 bits per heavy atom. The van der Waals surface area contributed by atoms with Gasteiger partial charge in [0.2, 0.25) is 0 Å². The first kappa shape index (κ1) is 25.2. The van der Waals surface area contributed by atoms with Crippen LogP contribution in [0.15, 0.2) is 54.2 Å². The minimum absolute atomic E-state index is 0.0347. The molecule has 0 aliphatic rings. The van der Waals surface area contributed by atoms with Crippen molar-refractivity contribution in [2.45, 2.75) is 53.5 Å². The molecule has 0 aliphatic heterocycles. The third-order valence-corrected chi connectivity index (χ3v) is 4.38. The van der Waals surface area contributed by atoms with Gasteiger partial charge in [0.25, 0.3) is 0 Å². The van der Waals surface area contributed by atoms with Crippen molar-refractivity contribution in [1.82, 2.24) is 5.32 Å². The minimum atomic E-state index is -0.238. The Morgan fingerprint density at radius 3 is 2.50 bits per heavy atom. The number of rotatable bonds is 10. The summed E-state index contributed by atoms with van der Waals surface area (Å²) in [5.41, 5.74) is 5.33. The number of halogens is 1. The van der Waals surface area contributed by atoms with Gasteiger partial charge < -0.3 is 16.0 Å². The first-order valence-corrected chi connectivity index (χ1v) is 10.6. The normalized spacial score (nSPS) is 11.4. The number of aliphatic imine (C=N–C) groups is 1.